The highest BCUT2D eigenvalue weighted by Crippen LogP contribution is 2.34. The maximum Gasteiger partial charge on any atom is 0.410 e. The second-order valence-electron chi connectivity index (χ2n) is 6.88. The number of carbonyl (C=O) groups excluding carboxylic acids is 1. The standard InChI is InChI=1S/C17H25BrN2O3S/c1-17(2,3)23-16(22)20-10-4-5-13(20)15(21)24-14(19)11-6-8-12(18)9-7-11/h6-9,13-15,21H,4-5,10,19H2,1-3H3/t13-,14?,15?/m0/s1. The number of ether oxygens (including phenoxy) is 1. The van der Waals surface area contributed by atoms with Crippen molar-refractivity contribution in [2.75, 3.05) is 6.54 Å². The van der Waals surface area contributed by atoms with E-state index in [-0.39, 0.29) is 17.5 Å². The molecule has 1 amide bonds. The first kappa shape index (κ1) is 19.6. The number of likely N-dealkylation sites (tertiary alicyclic amines) is 1. The van der Waals surface area contributed by atoms with Gasteiger partial charge < -0.3 is 20.5 Å². The van der Waals surface area contributed by atoms with Gasteiger partial charge >= 0.3 is 6.09 Å². The second-order valence-corrected chi connectivity index (χ2v) is 9.06. The molecule has 1 heterocycles. The molecule has 0 aliphatic carbocycles. The summed E-state index contributed by atoms with van der Waals surface area (Å²) in [6.45, 7) is 6.12. The first-order valence-electron chi connectivity index (χ1n) is 8.01. The van der Waals surface area contributed by atoms with Gasteiger partial charge in [-0.1, -0.05) is 28.1 Å². The van der Waals surface area contributed by atoms with Crippen LogP contribution in [0.4, 0.5) is 4.79 Å². The molecule has 1 saturated heterocycles. The number of hydrogen-bond donors (Lipinski definition) is 2. The number of amides is 1. The predicted molar refractivity (Wildman–Crippen MR) is 101 cm³/mol. The lowest BCUT2D eigenvalue weighted by atomic mass is 10.2. The molecule has 0 bridgehead atoms. The summed E-state index contributed by atoms with van der Waals surface area (Å²) in [5.74, 6) is 0. The lowest BCUT2D eigenvalue weighted by Gasteiger charge is -2.31. The molecule has 24 heavy (non-hydrogen) atoms. The lowest BCUT2D eigenvalue weighted by molar-refractivity contribution is 0.0150. The number of carbonyl (C=O) groups is 1. The normalized spacial score (nSPS) is 20.8. The van der Waals surface area contributed by atoms with E-state index in [9.17, 15) is 9.90 Å². The van der Waals surface area contributed by atoms with Crippen LogP contribution in [0.2, 0.25) is 0 Å². The van der Waals surface area contributed by atoms with Crippen LogP contribution >= 0.6 is 27.7 Å². The minimum absolute atomic E-state index is 0.272. The third kappa shape index (κ3) is 5.37. The van der Waals surface area contributed by atoms with E-state index in [1.807, 2.05) is 45.0 Å². The minimum atomic E-state index is -0.751. The molecule has 1 fully saturated rings. The Labute approximate surface area is 156 Å². The smallest absolute Gasteiger partial charge is 0.410 e. The summed E-state index contributed by atoms with van der Waals surface area (Å²) in [5, 5.41) is 10.2. The maximum atomic E-state index is 12.3. The van der Waals surface area contributed by atoms with Crippen LogP contribution in [0.1, 0.15) is 44.6 Å². The van der Waals surface area contributed by atoms with Crippen molar-refractivity contribution in [3.63, 3.8) is 0 Å². The van der Waals surface area contributed by atoms with Crippen LogP contribution in [-0.2, 0) is 4.74 Å². The zero-order valence-corrected chi connectivity index (χ0v) is 16.6. The number of thioether (sulfide) groups is 1. The monoisotopic (exact) mass is 416 g/mol. The van der Waals surface area contributed by atoms with Gasteiger partial charge in [0, 0.05) is 11.0 Å². The predicted octanol–water partition coefficient (Wildman–Crippen LogP) is 3.86. The molecular weight excluding hydrogens is 392 g/mol. The zero-order valence-electron chi connectivity index (χ0n) is 14.2. The van der Waals surface area contributed by atoms with Gasteiger partial charge in [-0.15, -0.1) is 11.8 Å². The number of rotatable bonds is 4. The quantitative estimate of drug-likeness (QED) is 0.728. The Morgan fingerprint density at radius 3 is 2.62 bits per heavy atom. The summed E-state index contributed by atoms with van der Waals surface area (Å²) in [6.07, 6.45) is 1.23. The summed E-state index contributed by atoms with van der Waals surface area (Å²) < 4.78 is 6.42. The topological polar surface area (TPSA) is 75.8 Å². The maximum absolute atomic E-state index is 12.3. The molecule has 1 aromatic carbocycles. The molecule has 1 aliphatic rings. The summed E-state index contributed by atoms with van der Waals surface area (Å²) in [7, 11) is 0. The van der Waals surface area contributed by atoms with Crippen LogP contribution < -0.4 is 5.73 Å². The molecule has 7 heteroatoms. The number of hydrogen-bond acceptors (Lipinski definition) is 5. The molecular formula is C17H25BrN2O3S. The van der Waals surface area contributed by atoms with Crippen molar-refractivity contribution >= 4 is 33.8 Å². The van der Waals surface area contributed by atoms with Gasteiger partial charge in [0.05, 0.1) is 11.4 Å². The van der Waals surface area contributed by atoms with Crippen LogP contribution in [0.15, 0.2) is 28.7 Å². The van der Waals surface area contributed by atoms with Crippen LogP contribution in [0.3, 0.4) is 0 Å². The van der Waals surface area contributed by atoms with Gasteiger partial charge in [-0.05, 0) is 51.3 Å². The van der Waals surface area contributed by atoms with Crippen LogP contribution in [-0.4, -0.2) is 39.7 Å². The lowest BCUT2D eigenvalue weighted by Crippen LogP contribution is -2.44. The molecule has 0 radical (unpaired) electrons. The molecule has 5 nitrogen and oxygen atoms in total. The number of benzene rings is 1. The Kier molecular flexibility index (Phi) is 6.59. The number of nitrogens with zero attached hydrogens (tertiary/aromatic N) is 1. The van der Waals surface area contributed by atoms with Crippen LogP contribution in [0.25, 0.3) is 0 Å². The van der Waals surface area contributed by atoms with Crippen LogP contribution in [0.5, 0.6) is 0 Å². The highest BCUT2D eigenvalue weighted by molar-refractivity contribution is 9.10. The van der Waals surface area contributed by atoms with E-state index in [1.165, 1.54) is 11.8 Å². The third-order valence-electron chi connectivity index (χ3n) is 3.74. The van der Waals surface area contributed by atoms with Gasteiger partial charge in [0.2, 0.25) is 0 Å². The van der Waals surface area contributed by atoms with Gasteiger partial charge in [0.15, 0.2) is 0 Å². The Bertz CT molecular complexity index is 562. The number of aliphatic hydroxyl groups excluding tert-OH is 1. The fourth-order valence-electron chi connectivity index (χ4n) is 2.61. The molecule has 2 rings (SSSR count). The SMILES string of the molecule is CC(C)(C)OC(=O)N1CCC[C@H]1C(O)SC(N)c1ccc(Br)cc1. The number of nitrogens with two attached hydrogens (primary N) is 1. The van der Waals surface area contributed by atoms with E-state index in [0.29, 0.717) is 6.54 Å². The van der Waals surface area contributed by atoms with Crippen molar-refractivity contribution in [3.05, 3.63) is 34.3 Å². The van der Waals surface area contributed by atoms with Crippen molar-refractivity contribution in [2.45, 2.75) is 56.1 Å². The Hall–Kier alpha value is -0.760. The largest absolute Gasteiger partial charge is 0.444 e. The molecule has 0 saturated carbocycles. The minimum Gasteiger partial charge on any atom is -0.444 e. The van der Waals surface area contributed by atoms with Gasteiger partial charge in [-0.3, -0.25) is 0 Å². The van der Waals surface area contributed by atoms with Gasteiger partial charge in [0.25, 0.3) is 0 Å². The van der Waals surface area contributed by atoms with Crippen LogP contribution in [0, 0.1) is 0 Å². The molecule has 2 unspecified atom stereocenters. The first-order chi connectivity index (χ1) is 11.2. The molecule has 3 N–H and O–H groups in total. The van der Waals surface area contributed by atoms with Gasteiger partial charge in [-0.2, -0.15) is 0 Å². The molecule has 1 aliphatic heterocycles. The van der Waals surface area contributed by atoms with E-state index >= 15 is 0 Å². The van der Waals surface area contributed by atoms with E-state index < -0.39 is 11.0 Å². The first-order valence-corrected chi connectivity index (χ1v) is 9.75. The van der Waals surface area contributed by atoms with Crippen molar-refractivity contribution < 1.29 is 14.6 Å². The van der Waals surface area contributed by atoms with E-state index in [4.69, 9.17) is 10.5 Å². The Morgan fingerprint density at radius 2 is 2.04 bits per heavy atom. The Balaban J connectivity index is 1.98. The van der Waals surface area contributed by atoms with Gasteiger partial charge in [-0.25, -0.2) is 4.79 Å². The van der Waals surface area contributed by atoms with Crippen molar-refractivity contribution in [3.8, 4) is 0 Å². The van der Waals surface area contributed by atoms with E-state index in [0.717, 1.165) is 22.9 Å². The fourth-order valence-corrected chi connectivity index (χ4v) is 3.95. The summed E-state index contributed by atoms with van der Waals surface area (Å²) in [4.78, 5) is 13.9. The average Bonchev–Trinajstić information content (AvgIpc) is 2.95. The van der Waals surface area contributed by atoms with Crippen molar-refractivity contribution in [2.24, 2.45) is 5.73 Å². The van der Waals surface area contributed by atoms with Gasteiger partial charge in [0.1, 0.15) is 11.0 Å². The number of halogens is 1. The average molecular weight is 417 g/mol. The summed E-state index contributed by atoms with van der Waals surface area (Å²) in [6, 6.07) is 7.42. The molecule has 134 valence electrons. The van der Waals surface area contributed by atoms with Crippen molar-refractivity contribution in [1.29, 1.82) is 0 Å². The fraction of sp³-hybridized carbons (Fsp3) is 0.588. The highest BCUT2D eigenvalue weighted by atomic mass is 79.9. The number of aliphatic hydroxyl groups is 1. The molecule has 0 aromatic heterocycles. The molecule has 3 atom stereocenters. The molecule has 1 aromatic rings. The third-order valence-corrected chi connectivity index (χ3v) is 5.43. The summed E-state index contributed by atoms with van der Waals surface area (Å²) >= 11 is 4.66. The van der Waals surface area contributed by atoms with Crippen molar-refractivity contribution in [1.82, 2.24) is 4.90 Å². The highest BCUT2D eigenvalue weighted by Gasteiger charge is 2.37. The molecule has 0 spiro atoms. The zero-order chi connectivity index (χ0) is 17.9. The summed E-state index contributed by atoms with van der Waals surface area (Å²) in [5.41, 5.74) is 5.83. The Morgan fingerprint density at radius 1 is 1.42 bits per heavy atom. The van der Waals surface area contributed by atoms with E-state index in [1.54, 1.807) is 4.90 Å². The second kappa shape index (κ2) is 8.08. The van der Waals surface area contributed by atoms with E-state index in [2.05, 4.69) is 15.9 Å².